The monoisotopic (exact) mass is 395 g/mol. The fourth-order valence-electron chi connectivity index (χ4n) is 2.95. The molecule has 1 atom stereocenters. The van der Waals surface area contributed by atoms with Gasteiger partial charge in [-0.05, 0) is 23.6 Å². The predicted octanol–water partition coefficient (Wildman–Crippen LogP) is 3.25. The van der Waals surface area contributed by atoms with Crippen molar-refractivity contribution in [2.24, 2.45) is 0 Å². The molecule has 3 rings (SSSR count). The van der Waals surface area contributed by atoms with Gasteiger partial charge in [0.1, 0.15) is 5.25 Å². The summed E-state index contributed by atoms with van der Waals surface area (Å²) in [4.78, 5) is 2.70. The Morgan fingerprint density at radius 1 is 1.32 bits per heavy atom. The molecule has 1 unspecified atom stereocenters. The molecule has 2 heterocycles. The van der Waals surface area contributed by atoms with Crippen LogP contribution in [-0.2, 0) is 10.0 Å². The molecule has 1 aliphatic heterocycles. The Labute approximate surface area is 156 Å². The van der Waals surface area contributed by atoms with Crippen LogP contribution in [0.4, 0.5) is 0 Å². The highest BCUT2D eigenvalue weighted by Crippen LogP contribution is 2.37. The van der Waals surface area contributed by atoms with Crippen molar-refractivity contribution in [3.8, 4) is 6.07 Å². The topological polar surface area (TPSA) is 64.4 Å². The Hall–Kier alpha value is -1.43. The molecule has 0 amide bonds. The summed E-state index contributed by atoms with van der Waals surface area (Å²) in [5, 5.41) is 9.60. The van der Waals surface area contributed by atoms with Gasteiger partial charge in [0, 0.05) is 40.8 Å². The lowest BCUT2D eigenvalue weighted by molar-refractivity contribution is 0.206. The van der Waals surface area contributed by atoms with Crippen LogP contribution in [-0.4, -0.2) is 50.3 Å². The molecule has 5 nitrogen and oxygen atoms in total. The van der Waals surface area contributed by atoms with E-state index in [1.807, 2.05) is 23.1 Å². The van der Waals surface area contributed by atoms with Crippen LogP contribution in [0.1, 0.15) is 10.1 Å². The third kappa shape index (κ3) is 3.73. The van der Waals surface area contributed by atoms with Crippen molar-refractivity contribution < 1.29 is 8.42 Å². The van der Waals surface area contributed by atoms with Crippen LogP contribution in [0.3, 0.4) is 0 Å². The fraction of sp³-hybridized carbons (Fsp3) is 0.353. The van der Waals surface area contributed by atoms with Crippen LogP contribution in [0.15, 0.2) is 36.9 Å². The van der Waals surface area contributed by atoms with Crippen molar-refractivity contribution >= 4 is 43.0 Å². The normalized spacial score (nSPS) is 18.1. The van der Waals surface area contributed by atoms with Crippen LogP contribution in [0, 0.1) is 11.3 Å². The maximum Gasteiger partial charge on any atom is 0.225 e. The largest absolute Gasteiger partial charge is 0.288 e. The number of nitrogens with zero attached hydrogens (tertiary/aromatic N) is 3. The van der Waals surface area contributed by atoms with Crippen molar-refractivity contribution in [3.05, 3.63) is 46.8 Å². The highest BCUT2D eigenvalue weighted by Gasteiger charge is 2.34. The first-order valence-corrected chi connectivity index (χ1v) is 10.6. The molecule has 0 N–H and O–H groups in total. The first-order valence-electron chi connectivity index (χ1n) is 7.85. The molecule has 1 aromatic heterocycles. The fourth-order valence-corrected chi connectivity index (χ4v) is 6.38. The second-order valence-corrected chi connectivity index (χ2v) is 9.47. The first-order chi connectivity index (χ1) is 12.0. The van der Waals surface area contributed by atoms with E-state index >= 15 is 0 Å². The number of hydrogen-bond acceptors (Lipinski definition) is 5. The van der Waals surface area contributed by atoms with Gasteiger partial charge in [-0.3, -0.25) is 4.90 Å². The minimum atomic E-state index is -3.54. The molecule has 1 fully saturated rings. The van der Waals surface area contributed by atoms with Gasteiger partial charge in [0.2, 0.25) is 10.0 Å². The Morgan fingerprint density at radius 2 is 2.04 bits per heavy atom. The van der Waals surface area contributed by atoms with E-state index in [1.54, 1.807) is 6.07 Å². The second-order valence-electron chi connectivity index (χ2n) is 5.87. The number of benzene rings is 1. The smallest absolute Gasteiger partial charge is 0.225 e. The van der Waals surface area contributed by atoms with Crippen molar-refractivity contribution in [3.63, 3.8) is 0 Å². The summed E-state index contributed by atoms with van der Waals surface area (Å²) < 4.78 is 28.6. The summed E-state index contributed by atoms with van der Waals surface area (Å²) in [5.41, 5.74) is 0. The highest BCUT2D eigenvalue weighted by molar-refractivity contribution is 7.89. The van der Waals surface area contributed by atoms with Gasteiger partial charge < -0.3 is 0 Å². The minimum absolute atomic E-state index is 0.329. The van der Waals surface area contributed by atoms with E-state index in [2.05, 4.69) is 12.6 Å². The Bertz CT molecular complexity index is 925. The zero-order valence-electron chi connectivity index (χ0n) is 13.6. The number of nitriles is 1. The zero-order chi connectivity index (χ0) is 18.0. The summed E-state index contributed by atoms with van der Waals surface area (Å²) >= 11 is 7.45. The highest BCUT2D eigenvalue weighted by atomic mass is 35.5. The van der Waals surface area contributed by atoms with Gasteiger partial charge in [0.05, 0.1) is 12.6 Å². The van der Waals surface area contributed by atoms with Gasteiger partial charge in [-0.25, -0.2) is 8.42 Å². The van der Waals surface area contributed by atoms with Gasteiger partial charge in [-0.1, -0.05) is 23.7 Å². The third-order valence-corrected chi connectivity index (χ3v) is 8.04. The van der Waals surface area contributed by atoms with E-state index in [1.165, 1.54) is 21.7 Å². The molecule has 1 aromatic carbocycles. The Morgan fingerprint density at radius 3 is 2.68 bits per heavy atom. The van der Waals surface area contributed by atoms with E-state index in [9.17, 15) is 8.42 Å². The molecule has 0 saturated carbocycles. The molecular formula is C17H18ClN3O2S2. The lowest BCUT2D eigenvalue weighted by atomic mass is 10.2. The van der Waals surface area contributed by atoms with Crippen molar-refractivity contribution in [2.45, 2.75) is 5.25 Å². The van der Waals surface area contributed by atoms with E-state index in [-0.39, 0.29) is 0 Å². The molecule has 1 saturated heterocycles. The number of hydrogen-bond donors (Lipinski definition) is 0. The molecule has 1 aliphatic rings. The van der Waals surface area contributed by atoms with Crippen LogP contribution in [0.2, 0.25) is 5.02 Å². The Kier molecular flexibility index (Phi) is 5.46. The van der Waals surface area contributed by atoms with Gasteiger partial charge >= 0.3 is 0 Å². The third-order valence-electron chi connectivity index (χ3n) is 4.30. The van der Waals surface area contributed by atoms with Crippen LogP contribution in [0.25, 0.3) is 10.1 Å². The van der Waals surface area contributed by atoms with Crippen molar-refractivity contribution in [2.75, 3.05) is 32.7 Å². The molecule has 2 aromatic rings. The van der Waals surface area contributed by atoms with E-state index in [4.69, 9.17) is 16.9 Å². The van der Waals surface area contributed by atoms with Crippen molar-refractivity contribution in [1.82, 2.24) is 9.21 Å². The molecule has 0 bridgehead atoms. The first kappa shape index (κ1) is 18.4. The number of sulfonamides is 1. The van der Waals surface area contributed by atoms with Gasteiger partial charge in [-0.2, -0.15) is 9.57 Å². The lowest BCUT2D eigenvalue weighted by Crippen LogP contribution is -2.49. The second kappa shape index (κ2) is 7.44. The molecular weight excluding hydrogens is 378 g/mol. The molecule has 0 aliphatic carbocycles. The van der Waals surface area contributed by atoms with E-state index in [0.29, 0.717) is 37.7 Å². The molecule has 8 heteroatoms. The number of rotatable bonds is 5. The standard InChI is InChI=1S/C17H18ClN3O2S2/c1-2-17(16-11-13-3-4-14(18)12-15(13)24-16)25(22,23)21-9-7-20(6-5-19)8-10-21/h2-4,11-12,17H,1,6-10H2. The lowest BCUT2D eigenvalue weighted by Gasteiger charge is -2.34. The van der Waals surface area contributed by atoms with Gasteiger partial charge in [0.25, 0.3) is 0 Å². The Balaban J connectivity index is 1.86. The molecule has 0 spiro atoms. The average molecular weight is 396 g/mol. The zero-order valence-corrected chi connectivity index (χ0v) is 15.9. The maximum atomic E-state index is 13.1. The summed E-state index contributed by atoms with van der Waals surface area (Å²) in [6.45, 7) is 6.01. The van der Waals surface area contributed by atoms with Crippen LogP contribution >= 0.6 is 22.9 Å². The van der Waals surface area contributed by atoms with Gasteiger partial charge in [0.15, 0.2) is 0 Å². The van der Waals surface area contributed by atoms with E-state index in [0.717, 1.165) is 15.0 Å². The summed E-state index contributed by atoms with van der Waals surface area (Å²) in [5.74, 6) is 0. The molecule has 25 heavy (non-hydrogen) atoms. The number of thiophene rings is 1. The van der Waals surface area contributed by atoms with E-state index < -0.39 is 15.3 Å². The average Bonchev–Trinajstić information content (AvgIpc) is 2.98. The summed E-state index contributed by atoms with van der Waals surface area (Å²) in [6, 6.07) is 9.54. The maximum absolute atomic E-state index is 13.1. The number of fused-ring (bicyclic) bond motifs is 1. The van der Waals surface area contributed by atoms with Crippen LogP contribution < -0.4 is 0 Å². The van der Waals surface area contributed by atoms with Gasteiger partial charge in [-0.15, -0.1) is 17.9 Å². The number of halogens is 1. The van der Waals surface area contributed by atoms with Crippen LogP contribution in [0.5, 0.6) is 0 Å². The predicted molar refractivity (Wildman–Crippen MR) is 102 cm³/mol. The van der Waals surface area contributed by atoms with Crippen molar-refractivity contribution in [1.29, 1.82) is 5.26 Å². The minimum Gasteiger partial charge on any atom is -0.288 e. The summed E-state index contributed by atoms with van der Waals surface area (Å²) in [6.07, 6.45) is 1.49. The summed E-state index contributed by atoms with van der Waals surface area (Å²) in [7, 11) is -3.54. The molecule has 0 radical (unpaired) electrons. The number of piperazine rings is 1. The quantitative estimate of drug-likeness (QED) is 0.575. The molecule has 132 valence electrons. The SMILES string of the molecule is C=CC(c1cc2ccc(Cl)cc2s1)S(=O)(=O)N1CCN(CC#N)CC1.